The minimum absolute atomic E-state index is 0.133. The van der Waals surface area contributed by atoms with Crippen LogP contribution in [0.1, 0.15) is 30.9 Å². The maximum absolute atomic E-state index is 11.8. The summed E-state index contributed by atoms with van der Waals surface area (Å²) in [6.45, 7) is 2.46. The molecule has 0 bridgehead atoms. The number of anilines is 1. The number of hydrogen-bond donors (Lipinski definition) is 2. The van der Waals surface area contributed by atoms with Gasteiger partial charge in [-0.2, -0.15) is 10.5 Å². The fraction of sp³-hybridized carbons (Fsp3) is 0.357. The van der Waals surface area contributed by atoms with E-state index in [0.29, 0.717) is 24.2 Å². The highest BCUT2D eigenvalue weighted by Crippen LogP contribution is 2.16. The van der Waals surface area contributed by atoms with E-state index in [1.807, 2.05) is 19.1 Å². The number of nitrogens with zero attached hydrogens (tertiary/aromatic N) is 2. The Hall–Kier alpha value is -2.37. The van der Waals surface area contributed by atoms with Gasteiger partial charge in [0.15, 0.2) is 0 Å². The Morgan fingerprint density at radius 3 is 2.58 bits per heavy atom. The molecule has 5 heteroatoms. The summed E-state index contributed by atoms with van der Waals surface area (Å²) in [5.74, 6) is 0.0275. The second kappa shape index (κ2) is 7.15. The predicted octanol–water partition coefficient (Wildman–Crippen LogP) is 1.74. The standard InChI is InChI=1S/C14H16N4O/c1-2-10(7-15)5-14(19)18-13-4-3-11(8-16)12(6-13)9-17/h3-4,6,10H,2,5,7,15H2,1H3,(H,18,19). The largest absolute Gasteiger partial charge is 0.330 e. The number of carbonyl (C=O) groups is 1. The summed E-state index contributed by atoms with van der Waals surface area (Å²) in [7, 11) is 0. The van der Waals surface area contributed by atoms with Crippen molar-refractivity contribution in [1.29, 1.82) is 10.5 Å². The van der Waals surface area contributed by atoms with Crippen LogP contribution < -0.4 is 11.1 Å². The number of amides is 1. The molecule has 0 aliphatic heterocycles. The number of nitriles is 2. The molecule has 98 valence electrons. The highest BCUT2D eigenvalue weighted by Gasteiger charge is 2.11. The first kappa shape index (κ1) is 14.7. The third-order valence-corrected chi connectivity index (χ3v) is 2.93. The molecule has 0 aliphatic carbocycles. The van der Waals surface area contributed by atoms with Crippen LogP contribution in [0.2, 0.25) is 0 Å². The molecule has 0 saturated carbocycles. The number of benzene rings is 1. The van der Waals surface area contributed by atoms with Gasteiger partial charge in [0.2, 0.25) is 5.91 Å². The van der Waals surface area contributed by atoms with Crippen molar-refractivity contribution >= 4 is 11.6 Å². The van der Waals surface area contributed by atoms with Crippen molar-refractivity contribution < 1.29 is 4.79 Å². The molecule has 0 spiro atoms. The number of nitrogens with one attached hydrogen (secondary N) is 1. The van der Waals surface area contributed by atoms with E-state index in [0.717, 1.165) is 6.42 Å². The zero-order valence-corrected chi connectivity index (χ0v) is 10.8. The molecule has 19 heavy (non-hydrogen) atoms. The van der Waals surface area contributed by atoms with Gasteiger partial charge in [-0.3, -0.25) is 4.79 Å². The molecule has 1 rings (SSSR count). The molecule has 0 radical (unpaired) electrons. The van der Waals surface area contributed by atoms with Crippen LogP contribution >= 0.6 is 0 Å². The summed E-state index contributed by atoms with van der Waals surface area (Å²) < 4.78 is 0. The van der Waals surface area contributed by atoms with Crippen molar-refractivity contribution in [2.24, 2.45) is 11.7 Å². The van der Waals surface area contributed by atoms with Crippen LogP contribution in [0.25, 0.3) is 0 Å². The number of nitrogens with two attached hydrogens (primary N) is 1. The first-order valence-corrected chi connectivity index (χ1v) is 6.08. The molecule has 1 atom stereocenters. The van der Waals surface area contributed by atoms with E-state index in [9.17, 15) is 4.79 Å². The third-order valence-electron chi connectivity index (χ3n) is 2.93. The molecule has 1 aromatic carbocycles. The fourth-order valence-corrected chi connectivity index (χ4v) is 1.68. The van der Waals surface area contributed by atoms with Crippen LogP contribution in [0, 0.1) is 28.6 Å². The van der Waals surface area contributed by atoms with Crippen LogP contribution in [0.15, 0.2) is 18.2 Å². The zero-order chi connectivity index (χ0) is 14.3. The van der Waals surface area contributed by atoms with Crippen LogP contribution in [0.4, 0.5) is 5.69 Å². The minimum atomic E-state index is -0.133. The maximum Gasteiger partial charge on any atom is 0.224 e. The number of carbonyl (C=O) groups excluding carboxylic acids is 1. The van der Waals surface area contributed by atoms with Crippen LogP contribution in [-0.2, 0) is 4.79 Å². The molecule has 1 unspecified atom stereocenters. The van der Waals surface area contributed by atoms with Gasteiger partial charge in [0, 0.05) is 12.1 Å². The molecule has 1 amide bonds. The molecule has 1 aromatic rings. The van der Waals surface area contributed by atoms with Gasteiger partial charge < -0.3 is 11.1 Å². The Bertz CT molecular complexity index is 535. The Morgan fingerprint density at radius 1 is 1.37 bits per heavy atom. The van der Waals surface area contributed by atoms with Crippen molar-refractivity contribution in [3.63, 3.8) is 0 Å². The summed E-state index contributed by atoms with van der Waals surface area (Å²) >= 11 is 0. The summed E-state index contributed by atoms with van der Waals surface area (Å²) in [5.41, 5.74) is 6.63. The second-order valence-electron chi connectivity index (χ2n) is 4.25. The highest BCUT2D eigenvalue weighted by atomic mass is 16.1. The first-order valence-electron chi connectivity index (χ1n) is 6.08. The van der Waals surface area contributed by atoms with Gasteiger partial charge in [-0.05, 0) is 30.7 Å². The van der Waals surface area contributed by atoms with E-state index in [1.165, 1.54) is 12.1 Å². The molecule has 0 heterocycles. The monoisotopic (exact) mass is 256 g/mol. The summed E-state index contributed by atoms with van der Waals surface area (Å²) in [5, 5.41) is 20.4. The van der Waals surface area contributed by atoms with E-state index in [1.54, 1.807) is 6.07 Å². The lowest BCUT2D eigenvalue weighted by Gasteiger charge is -2.12. The highest BCUT2D eigenvalue weighted by molar-refractivity contribution is 5.91. The first-order chi connectivity index (χ1) is 9.14. The Morgan fingerprint density at radius 2 is 2.05 bits per heavy atom. The molecule has 5 nitrogen and oxygen atoms in total. The second-order valence-corrected chi connectivity index (χ2v) is 4.25. The summed E-state index contributed by atoms with van der Waals surface area (Å²) in [6, 6.07) is 8.49. The predicted molar refractivity (Wildman–Crippen MR) is 72.0 cm³/mol. The van der Waals surface area contributed by atoms with Gasteiger partial charge >= 0.3 is 0 Å². The fourth-order valence-electron chi connectivity index (χ4n) is 1.68. The average molecular weight is 256 g/mol. The molecule has 0 aliphatic rings. The summed E-state index contributed by atoms with van der Waals surface area (Å²) in [4.78, 5) is 11.8. The summed E-state index contributed by atoms with van der Waals surface area (Å²) in [6.07, 6.45) is 1.20. The van der Waals surface area contributed by atoms with E-state index in [4.69, 9.17) is 16.3 Å². The van der Waals surface area contributed by atoms with Crippen LogP contribution in [0.3, 0.4) is 0 Å². The molecule has 0 fully saturated rings. The van der Waals surface area contributed by atoms with E-state index in [2.05, 4.69) is 5.32 Å². The Kier molecular flexibility index (Phi) is 5.53. The van der Waals surface area contributed by atoms with Crippen molar-refractivity contribution in [3.8, 4) is 12.1 Å². The quantitative estimate of drug-likeness (QED) is 0.837. The molecule has 0 saturated heterocycles. The number of rotatable bonds is 5. The molecular weight excluding hydrogens is 240 g/mol. The topological polar surface area (TPSA) is 103 Å². The lowest BCUT2D eigenvalue weighted by molar-refractivity contribution is -0.117. The lowest BCUT2D eigenvalue weighted by Crippen LogP contribution is -2.21. The van der Waals surface area contributed by atoms with E-state index >= 15 is 0 Å². The van der Waals surface area contributed by atoms with Crippen molar-refractivity contribution in [3.05, 3.63) is 29.3 Å². The van der Waals surface area contributed by atoms with Crippen molar-refractivity contribution in [1.82, 2.24) is 0 Å². The third kappa shape index (κ3) is 4.09. The Balaban J connectivity index is 2.76. The maximum atomic E-state index is 11.8. The van der Waals surface area contributed by atoms with Crippen LogP contribution in [0.5, 0.6) is 0 Å². The zero-order valence-electron chi connectivity index (χ0n) is 10.8. The van der Waals surface area contributed by atoms with E-state index < -0.39 is 0 Å². The van der Waals surface area contributed by atoms with Crippen molar-refractivity contribution in [2.75, 3.05) is 11.9 Å². The van der Waals surface area contributed by atoms with Gasteiger partial charge in [0.05, 0.1) is 11.1 Å². The Labute approximate surface area is 112 Å². The molecule has 3 N–H and O–H groups in total. The van der Waals surface area contributed by atoms with Gasteiger partial charge in [-0.25, -0.2) is 0 Å². The van der Waals surface area contributed by atoms with Gasteiger partial charge in [0.25, 0.3) is 0 Å². The SMILES string of the molecule is CCC(CN)CC(=O)Nc1ccc(C#N)c(C#N)c1. The van der Waals surface area contributed by atoms with Crippen molar-refractivity contribution in [2.45, 2.75) is 19.8 Å². The average Bonchev–Trinajstić information content (AvgIpc) is 2.44. The molecule has 0 aromatic heterocycles. The van der Waals surface area contributed by atoms with Crippen LogP contribution in [-0.4, -0.2) is 12.5 Å². The van der Waals surface area contributed by atoms with Gasteiger partial charge in [-0.15, -0.1) is 0 Å². The molecular formula is C14H16N4O. The lowest BCUT2D eigenvalue weighted by atomic mass is 10.0. The van der Waals surface area contributed by atoms with Gasteiger partial charge in [-0.1, -0.05) is 13.3 Å². The van der Waals surface area contributed by atoms with Gasteiger partial charge in [0.1, 0.15) is 12.1 Å². The minimum Gasteiger partial charge on any atom is -0.330 e. The normalized spacial score (nSPS) is 11.2. The smallest absolute Gasteiger partial charge is 0.224 e. The number of hydrogen-bond acceptors (Lipinski definition) is 4. The van der Waals surface area contributed by atoms with E-state index in [-0.39, 0.29) is 17.4 Å².